The van der Waals surface area contributed by atoms with Crippen LogP contribution in [0, 0.1) is 13.8 Å². The van der Waals surface area contributed by atoms with E-state index < -0.39 is 5.97 Å². The van der Waals surface area contributed by atoms with Crippen LogP contribution in [-0.2, 0) is 11.3 Å². The van der Waals surface area contributed by atoms with E-state index >= 15 is 0 Å². The molecular formula is C16H14N2O2S. The van der Waals surface area contributed by atoms with Gasteiger partial charge < -0.3 is 4.74 Å². The van der Waals surface area contributed by atoms with Crippen LogP contribution in [0.2, 0.25) is 0 Å². The van der Waals surface area contributed by atoms with Crippen LogP contribution in [0.3, 0.4) is 0 Å². The lowest BCUT2D eigenvalue weighted by Gasteiger charge is -2.08. The Morgan fingerprint density at radius 2 is 2.05 bits per heavy atom. The molecule has 106 valence electrons. The molecule has 2 aromatic heterocycles. The largest absolute Gasteiger partial charge is 0.456 e. The number of nitrogens with zero attached hydrogens (tertiary/aromatic N) is 2. The summed E-state index contributed by atoms with van der Waals surface area (Å²) >= 11 is 1.44. The number of fused-ring (bicyclic) bond motifs is 1. The molecule has 3 aromatic rings. The maximum absolute atomic E-state index is 12.0. The zero-order valence-electron chi connectivity index (χ0n) is 11.8. The summed E-state index contributed by atoms with van der Waals surface area (Å²) in [7, 11) is 0. The number of aryl methyl sites for hydroxylation is 2. The normalized spacial score (nSPS) is 10.8. The maximum Gasteiger partial charge on any atom is 0.358 e. The molecule has 0 spiro atoms. The molecule has 0 aliphatic rings. The van der Waals surface area contributed by atoms with Crippen molar-refractivity contribution in [1.29, 1.82) is 0 Å². The lowest BCUT2D eigenvalue weighted by atomic mass is 10.1. The van der Waals surface area contributed by atoms with E-state index in [0.29, 0.717) is 5.69 Å². The van der Waals surface area contributed by atoms with Gasteiger partial charge in [0.2, 0.25) is 0 Å². The molecule has 0 fully saturated rings. The van der Waals surface area contributed by atoms with Gasteiger partial charge in [-0.1, -0.05) is 18.2 Å². The Hall–Kier alpha value is -2.27. The van der Waals surface area contributed by atoms with E-state index in [1.807, 2.05) is 44.2 Å². The summed E-state index contributed by atoms with van der Waals surface area (Å²) in [6, 6.07) is 9.79. The molecule has 0 unspecified atom stereocenters. The minimum atomic E-state index is -0.391. The number of para-hydroxylation sites is 1. The number of hydrogen-bond acceptors (Lipinski definition) is 5. The second-order valence-corrected chi connectivity index (χ2v) is 5.83. The number of carbonyl (C=O) groups is 1. The number of esters is 1. The molecule has 0 atom stereocenters. The molecule has 4 nitrogen and oxygen atoms in total. The standard InChI is InChI=1S/C16H14N2O2S/c1-10-7-12(13-5-3-4-6-14(13)17-10)8-20-16(19)15-9-21-11(2)18-15/h3-7,9H,8H2,1-2H3. The summed E-state index contributed by atoms with van der Waals surface area (Å²) in [5.74, 6) is -0.391. The lowest BCUT2D eigenvalue weighted by molar-refractivity contribution is 0.0468. The van der Waals surface area contributed by atoms with Gasteiger partial charge in [0.05, 0.1) is 10.5 Å². The molecule has 0 aliphatic carbocycles. The van der Waals surface area contributed by atoms with Crippen LogP contribution in [0.15, 0.2) is 35.7 Å². The predicted octanol–water partition coefficient (Wildman–Crippen LogP) is 3.67. The first-order valence-electron chi connectivity index (χ1n) is 6.58. The first-order chi connectivity index (χ1) is 10.1. The van der Waals surface area contributed by atoms with Crippen molar-refractivity contribution in [1.82, 2.24) is 9.97 Å². The zero-order valence-corrected chi connectivity index (χ0v) is 12.6. The van der Waals surface area contributed by atoms with Crippen molar-refractivity contribution < 1.29 is 9.53 Å². The number of aromatic nitrogens is 2. The molecule has 0 saturated heterocycles. The minimum absolute atomic E-state index is 0.222. The van der Waals surface area contributed by atoms with Crippen LogP contribution >= 0.6 is 11.3 Å². The highest BCUT2D eigenvalue weighted by Gasteiger charge is 2.12. The van der Waals surface area contributed by atoms with Gasteiger partial charge >= 0.3 is 5.97 Å². The monoisotopic (exact) mass is 298 g/mol. The molecule has 0 amide bonds. The van der Waals surface area contributed by atoms with Crippen molar-refractivity contribution in [3.05, 3.63) is 57.7 Å². The van der Waals surface area contributed by atoms with Crippen molar-refractivity contribution in [3.63, 3.8) is 0 Å². The predicted molar refractivity (Wildman–Crippen MR) is 82.5 cm³/mol. The highest BCUT2D eigenvalue weighted by molar-refractivity contribution is 7.09. The third-order valence-corrected chi connectivity index (χ3v) is 3.89. The third kappa shape index (κ3) is 2.92. The van der Waals surface area contributed by atoms with Crippen molar-refractivity contribution in [2.45, 2.75) is 20.5 Å². The molecule has 0 bridgehead atoms. The summed E-state index contributed by atoms with van der Waals surface area (Å²) < 4.78 is 5.37. The lowest BCUT2D eigenvalue weighted by Crippen LogP contribution is -2.06. The molecule has 0 N–H and O–H groups in total. The first-order valence-corrected chi connectivity index (χ1v) is 7.46. The van der Waals surface area contributed by atoms with E-state index in [-0.39, 0.29) is 6.61 Å². The van der Waals surface area contributed by atoms with E-state index in [1.165, 1.54) is 11.3 Å². The van der Waals surface area contributed by atoms with Crippen molar-refractivity contribution in [2.75, 3.05) is 0 Å². The third-order valence-electron chi connectivity index (χ3n) is 3.12. The summed E-state index contributed by atoms with van der Waals surface area (Å²) in [4.78, 5) is 20.6. The molecule has 1 aromatic carbocycles. The fraction of sp³-hybridized carbons (Fsp3) is 0.188. The Morgan fingerprint density at radius 1 is 1.24 bits per heavy atom. The molecule has 0 radical (unpaired) electrons. The van der Waals surface area contributed by atoms with Gasteiger partial charge in [0.15, 0.2) is 5.69 Å². The fourth-order valence-electron chi connectivity index (χ4n) is 2.19. The van der Waals surface area contributed by atoms with Crippen molar-refractivity contribution in [2.24, 2.45) is 0 Å². The van der Waals surface area contributed by atoms with Crippen LogP contribution in [0.25, 0.3) is 10.9 Å². The number of carbonyl (C=O) groups excluding carboxylic acids is 1. The molecule has 0 saturated carbocycles. The zero-order chi connectivity index (χ0) is 14.8. The Balaban J connectivity index is 1.83. The fourth-order valence-corrected chi connectivity index (χ4v) is 2.77. The summed E-state index contributed by atoms with van der Waals surface area (Å²) in [5, 5.41) is 3.57. The van der Waals surface area contributed by atoms with Gasteiger partial charge in [-0.05, 0) is 26.0 Å². The number of ether oxygens (including phenoxy) is 1. The molecule has 3 rings (SSSR count). The van der Waals surface area contributed by atoms with Gasteiger partial charge in [-0.25, -0.2) is 9.78 Å². The second kappa shape index (κ2) is 5.61. The van der Waals surface area contributed by atoms with Crippen LogP contribution in [0.4, 0.5) is 0 Å². The summed E-state index contributed by atoms with van der Waals surface area (Å²) in [6.07, 6.45) is 0. The molecule has 0 aliphatic heterocycles. The average Bonchev–Trinajstić information content (AvgIpc) is 2.91. The molecule has 21 heavy (non-hydrogen) atoms. The molecule has 2 heterocycles. The SMILES string of the molecule is Cc1cc(COC(=O)c2csc(C)n2)c2ccccc2n1. The molecular weight excluding hydrogens is 284 g/mol. The number of hydrogen-bond donors (Lipinski definition) is 0. The topological polar surface area (TPSA) is 52.1 Å². The van der Waals surface area contributed by atoms with Gasteiger partial charge in [0.1, 0.15) is 6.61 Å². The summed E-state index contributed by atoms with van der Waals surface area (Å²) in [6.45, 7) is 4.02. The van der Waals surface area contributed by atoms with Crippen molar-refractivity contribution in [3.8, 4) is 0 Å². The van der Waals surface area contributed by atoms with E-state index in [4.69, 9.17) is 4.74 Å². The number of thiazole rings is 1. The Kier molecular flexibility index (Phi) is 3.66. The van der Waals surface area contributed by atoms with E-state index in [2.05, 4.69) is 9.97 Å². The van der Waals surface area contributed by atoms with E-state index in [1.54, 1.807) is 5.38 Å². The van der Waals surface area contributed by atoms with E-state index in [9.17, 15) is 4.79 Å². The minimum Gasteiger partial charge on any atom is -0.456 e. The van der Waals surface area contributed by atoms with Crippen LogP contribution in [-0.4, -0.2) is 15.9 Å². The van der Waals surface area contributed by atoms with Gasteiger partial charge in [-0.2, -0.15) is 0 Å². The van der Waals surface area contributed by atoms with Gasteiger partial charge in [-0.3, -0.25) is 4.98 Å². The van der Waals surface area contributed by atoms with Crippen LogP contribution in [0.5, 0.6) is 0 Å². The Labute approximate surface area is 126 Å². The number of rotatable bonds is 3. The Bertz CT molecular complexity index is 811. The summed E-state index contributed by atoms with van der Waals surface area (Å²) in [5.41, 5.74) is 3.14. The second-order valence-electron chi connectivity index (χ2n) is 4.77. The van der Waals surface area contributed by atoms with Crippen LogP contribution < -0.4 is 0 Å². The quantitative estimate of drug-likeness (QED) is 0.692. The highest BCUT2D eigenvalue weighted by atomic mass is 32.1. The molecule has 5 heteroatoms. The van der Waals surface area contributed by atoms with Crippen molar-refractivity contribution >= 4 is 28.2 Å². The van der Waals surface area contributed by atoms with Gasteiger partial charge in [-0.15, -0.1) is 11.3 Å². The highest BCUT2D eigenvalue weighted by Crippen LogP contribution is 2.19. The number of pyridine rings is 1. The van der Waals surface area contributed by atoms with E-state index in [0.717, 1.165) is 27.2 Å². The first kappa shape index (κ1) is 13.7. The van der Waals surface area contributed by atoms with Crippen LogP contribution in [0.1, 0.15) is 26.8 Å². The maximum atomic E-state index is 12.0. The Morgan fingerprint density at radius 3 is 2.81 bits per heavy atom. The van der Waals surface area contributed by atoms with Gasteiger partial charge in [0, 0.05) is 22.0 Å². The number of benzene rings is 1. The average molecular weight is 298 g/mol. The van der Waals surface area contributed by atoms with Gasteiger partial charge in [0.25, 0.3) is 0 Å². The smallest absolute Gasteiger partial charge is 0.358 e.